The van der Waals surface area contributed by atoms with Crippen LogP contribution in [0.15, 0.2) is 24.5 Å². The van der Waals surface area contributed by atoms with Crippen molar-refractivity contribution in [2.45, 2.75) is 26.6 Å². The van der Waals surface area contributed by atoms with Gasteiger partial charge in [-0.1, -0.05) is 12.1 Å². The van der Waals surface area contributed by atoms with Gasteiger partial charge in [0.15, 0.2) is 4.77 Å². The van der Waals surface area contributed by atoms with Gasteiger partial charge in [0, 0.05) is 18.9 Å². The van der Waals surface area contributed by atoms with Crippen LogP contribution in [0.1, 0.15) is 22.3 Å². The van der Waals surface area contributed by atoms with Crippen LogP contribution in [0.2, 0.25) is 0 Å². The molecule has 2 aromatic rings. The number of rotatable bonds is 2. The van der Waals surface area contributed by atoms with Crippen molar-refractivity contribution in [1.82, 2.24) is 9.55 Å². The highest BCUT2D eigenvalue weighted by Gasteiger charge is 2.34. The van der Waals surface area contributed by atoms with Gasteiger partial charge in [0.1, 0.15) is 0 Å². The lowest BCUT2D eigenvalue weighted by molar-refractivity contribution is -0.138. The minimum absolute atomic E-state index is 0.240. The Labute approximate surface area is 113 Å². The van der Waals surface area contributed by atoms with Crippen LogP contribution in [0.5, 0.6) is 0 Å². The van der Waals surface area contributed by atoms with E-state index in [1.807, 2.05) is 0 Å². The number of imidazole rings is 1. The van der Waals surface area contributed by atoms with Crippen molar-refractivity contribution >= 4 is 12.2 Å². The van der Waals surface area contributed by atoms with Gasteiger partial charge in [-0.15, -0.1) is 0 Å². The average Bonchev–Trinajstić information content (AvgIpc) is 2.61. The molecule has 102 valence electrons. The fourth-order valence-corrected chi connectivity index (χ4v) is 2.46. The van der Waals surface area contributed by atoms with Crippen molar-refractivity contribution in [3.05, 3.63) is 51.6 Å². The molecule has 1 aromatic carbocycles. The molecule has 0 fully saturated rings. The third-order valence-corrected chi connectivity index (χ3v) is 3.30. The summed E-state index contributed by atoms with van der Waals surface area (Å²) in [6, 6.07) is 3.12. The lowest BCUT2D eigenvalue weighted by atomic mass is 9.99. The molecule has 2 rings (SSSR count). The van der Waals surface area contributed by atoms with Gasteiger partial charge in [0.05, 0.1) is 5.56 Å². The standard InChI is InChI=1S/C13H13F3N2S/c1-8-5-10(7-18-4-3-17-12(18)19)6-9(2)11(8)13(14,15)16/h3-6H,7H2,1-2H3,(H,17,19). The zero-order chi connectivity index (χ0) is 14.2. The molecule has 0 saturated carbocycles. The fraction of sp³-hybridized carbons (Fsp3) is 0.308. The van der Waals surface area contributed by atoms with Gasteiger partial charge < -0.3 is 9.55 Å². The molecule has 0 radical (unpaired) electrons. The van der Waals surface area contributed by atoms with Crippen molar-refractivity contribution in [2.75, 3.05) is 0 Å². The average molecular weight is 286 g/mol. The summed E-state index contributed by atoms with van der Waals surface area (Å²) in [5, 5.41) is 0. The van der Waals surface area contributed by atoms with Crippen molar-refractivity contribution in [1.29, 1.82) is 0 Å². The summed E-state index contributed by atoms with van der Waals surface area (Å²) in [6.45, 7) is 3.42. The Morgan fingerprint density at radius 2 is 1.79 bits per heavy atom. The smallest absolute Gasteiger partial charge is 0.337 e. The first-order valence-electron chi connectivity index (χ1n) is 5.70. The SMILES string of the molecule is Cc1cc(Cn2cc[nH]c2=S)cc(C)c1C(F)(F)F. The van der Waals surface area contributed by atoms with Crippen LogP contribution in [0.25, 0.3) is 0 Å². The third-order valence-electron chi connectivity index (χ3n) is 2.95. The van der Waals surface area contributed by atoms with E-state index in [-0.39, 0.29) is 11.1 Å². The normalized spacial score (nSPS) is 11.8. The van der Waals surface area contributed by atoms with Crippen molar-refractivity contribution in [3.63, 3.8) is 0 Å². The molecule has 1 heterocycles. The summed E-state index contributed by atoms with van der Waals surface area (Å²) >= 11 is 5.06. The summed E-state index contributed by atoms with van der Waals surface area (Å²) in [7, 11) is 0. The molecule has 0 unspecified atom stereocenters. The summed E-state index contributed by atoms with van der Waals surface area (Å²) in [4.78, 5) is 2.85. The number of aromatic amines is 1. The Morgan fingerprint density at radius 3 is 2.21 bits per heavy atom. The highest BCUT2D eigenvalue weighted by molar-refractivity contribution is 7.71. The van der Waals surface area contributed by atoms with Gasteiger partial charge in [-0.2, -0.15) is 13.2 Å². The first-order valence-corrected chi connectivity index (χ1v) is 6.11. The summed E-state index contributed by atoms with van der Waals surface area (Å²) in [5.74, 6) is 0. The van der Waals surface area contributed by atoms with Crippen LogP contribution < -0.4 is 0 Å². The predicted molar refractivity (Wildman–Crippen MR) is 69.6 cm³/mol. The minimum atomic E-state index is -4.31. The Bertz CT molecular complexity index is 629. The van der Waals surface area contributed by atoms with Crippen LogP contribution in [-0.4, -0.2) is 9.55 Å². The fourth-order valence-electron chi connectivity index (χ4n) is 2.26. The molecule has 0 aliphatic rings. The van der Waals surface area contributed by atoms with E-state index in [0.29, 0.717) is 11.3 Å². The zero-order valence-corrected chi connectivity index (χ0v) is 11.3. The van der Waals surface area contributed by atoms with Gasteiger partial charge in [0.2, 0.25) is 0 Å². The van der Waals surface area contributed by atoms with E-state index in [1.54, 1.807) is 29.1 Å². The second-order valence-corrected chi connectivity index (χ2v) is 4.88. The van der Waals surface area contributed by atoms with E-state index in [4.69, 9.17) is 12.2 Å². The quantitative estimate of drug-likeness (QED) is 0.819. The Hall–Kier alpha value is -1.56. The van der Waals surface area contributed by atoms with Gasteiger partial charge >= 0.3 is 6.18 Å². The van der Waals surface area contributed by atoms with E-state index < -0.39 is 11.7 Å². The van der Waals surface area contributed by atoms with Gasteiger partial charge in [-0.05, 0) is 42.8 Å². The lowest BCUT2D eigenvalue weighted by Crippen LogP contribution is -2.11. The largest absolute Gasteiger partial charge is 0.416 e. The van der Waals surface area contributed by atoms with Crippen LogP contribution >= 0.6 is 12.2 Å². The van der Waals surface area contributed by atoms with Gasteiger partial charge in [-0.3, -0.25) is 0 Å². The molecule has 1 N–H and O–H groups in total. The molecular weight excluding hydrogens is 273 g/mol. The maximum Gasteiger partial charge on any atom is 0.416 e. The molecule has 2 nitrogen and oxygen atoms in total. The third kappa shape index (κ3) is 2.89. The first-order chi connectivity index (χ1) is 8.79. The number of aromatic nitrogens is 2. The Morgan fingerprint density at radius 1 is 1.21 bits per heavy atom. The molecule has 0 atom stereocenters. The minimum Gasteiger partial charge on any atom is -0.337 e. The summed E-state index contributed by atoms with van der Waals surface area (Å²) in [6.07, 6.45) is -0.839. The molecular formula is C13H13F3N2S. The van der Waals surface area contributed by atoms with E-state index in [9.17, 15) is 13.2 Å². The van der Waals surface area contributed by atoms with Crippen LogP contribution in [-0.2, 0) is 12.7 Å². The highest BCUT2D eigenvalue weighted by atomic mass is 32.1. The number of H-pyrrole nitrogens is 1. The summed E-state index contributed by atoms with van der Waals surface area (Å²) < 4.78 is 40.9. The molecule has 0 bridgehead atoms. The van der Waals surface area contributed by atoms with Crippen molar-refractivity contribution in [2.24, 2.45) is 0 Å². The number of nitrogens with one attached hydrogen (secondary N) is 1. The zero-order valence-electron chi connectivity index (χ0n) is 10.5. The van der Waals surface area contributed by atoms with Crippen molar-refractivity contribution < 1.29 is 13.2 Å². The van der Waals surface area contributed by atoms with Crippen LogP contribution in [0, 0.1) is 18.6 Å². The Kier molecular flexibility index (Phi) is 3.54. The molecule has 6 heteroatoms. The molecule has 0 aliphatic heterocycles. The molecule has 0 aliphatic carbocycles. The van der Waals surface area contributed by atoms with Crippen LogP contribution in [0.3, 0.4) is 0 Å². The molecule has 0 saturated heterocycles. The molecule has 19 heavy (non-hydrogen) atoms. The number of halogens is 3. The van der Waals surface area contributed by atoms with Crippen molar-refractivity contribution in [3.8, 4) is 0 Å². The topological polar surface area (TPSA) is 20.7 Å². The second-order valence-electron chi connectivity index (χ2n) is 4.50. The van der Waals surface area contributed by atoms with E-state index >= 15 is 0 Å². The molecule has 0 spiro atoms. The predicted octanol–water partition coefficient (Wildman–Crippen LogP) is 4.23. The van der Waals surface area contributed by atoms with E-state index in [1.165, 1.54) is 13.8 Å². The van der Waals surface area contributed by atoms with E-state index in [0.717, 1.165) is 5.56 Å². The highest BCUT2D eigenvalue weighted by Crippen LogP contribution is 2.34. The monoisotopic (exact) mass is 286 g/mol. The summed E-state index contributed by atoms with van der Waals surface area (Å²) in [5.41, 5.74) is 0.738. The maximum atomic E-state index is 12.9. The van der Waals surface area contributed by atoms with E-state index in [2.05, 4.69) is 4.98 Å². The number of hydrogen-bond donors (Lipinski definition) is 1. The number of alkyl halides is 3. The number of hydrogen-bond acceptors (Lipinski definition) is 1. The Balaban J connectivity index is 2.41. The second kappa shape index (κ2) is 4.85. The van der Waals surface area contributed by atoms with Gasteiger partial charge in [0.25, 0.3) is 0 Å². The first kappa shape index (κ1) is 13.9. The maximum absolute atomic E-state index is 12.9. The number of aryl methyl sites for hydroxylation is 2. The number of benzene rings is 1. The number of nitrogens with zero attached hydrogens (tertiary/aromatic N) is 1. The lowest BCUT2D eigenvalue weighted by Gasteiger charge is -2.15. The molecule has 0 amide bonds. The van der Waals surface area contributed by atoms with Crippen LogP contribution in [0.4, 0.5) is 13.2 Å². The molecule has 1 aromatic heterocycles. The van der Waals surface area contributed by atoms with Gasteiger partial charge in [-0.25, -0.2) is 0 Å².